The molecule has 0 aliphatic carbocycles. The van der Waals surface area contributed by atoms with Crippen LogP contribution in [-0.4, -0.2) is 23.5 Å². The van der Waals surface area contributed by atoms with E-state index in [0.717, 1.165) is 12.1 Å². The summed E-state index contributed by atoms with van der Waals surface area (Å²) in [7, 11) is 0. The average Bonchev–Trinajstić information content (AvgIpc) is 2.33. The lowest BCUT2D eigenvalue weighted by atomic mass is 10.2. The van der Waals surface area contributed by atoms with Gasteiger partial charge in [0.1, 0.15) is 5.82 Å². The fraction of sp³-hybridized carbons (Fsp3) is 0.615. The molecule has 0 saturated heterocycles. The van der Waals surface area contributed by atoms with Gasteiger partial charge in [0.2, 0.25) is 0 Å². The second kappa shape index (κ2) is 9.42. The first-order valence-corrected chi connectivity index (χ1v) is 7.51. The van der Waals surface area contributed by atoms with Crippen molar-refractivity contribution in [3.63, 3.8) is 0 Å². The average molecular weight is 256 g/mol. The molecule has 0 fully saturated rings. The summed E-state index contributed by atoms with van der Waals surface area (Å²) in [5, 5.41) is 3.31. The van der Waals surface area contributed by atoms with E-state index < -0.39 is 0 Å². The third kappa shape index (κ3) is 7.34. The van der Waals surface area contributed by atoms with E-state index in [4.69, 9.17) is 0 Å². The summed E-state index contributed by atoms with van der Waals surface area (Å²) in [4.78, 5) is 3.82. The number of pyridine rings is 1. The Morgan fingerprint density at radius 1 is 1.24 bits per heavy atom. The van der Waals surface area contributed by atoms with Crippen LogP contribution in [0.5, 0.6) is 0 Å². The van der Waals surface area contributed by atoms with Crippen LogP contribution in [0.1, 0.15) is 31.2 Å². The zero-order valence-electron chi connectivity index (χ0n) is 10.4. The van der Waals surface area contributed by atoms with Crippen LogP contribution in [0.3, 0.4) is 0 Å². The Morgan fingerprint density at radius 3 is 2.82 bits per heavy atom. The first kappa shape index (κ1) is 14.5. The van der Waals surface area contributed by atoms with E-state index in [9.17, 15) is 4.39 Å². The second-order valence-electron chi connectivity index (χ2n) is 4.10. The quantitative estimate of drug-likeness (QED) is 0.687. The molecule has 0 saturated carbocycles. The van der Waals surface area contributed by atoms with Gasteiger partial charge in [-0.05, 0) is 43.0 Å². The van der Waals surface area contributed by atoms with E-state index in [-0.39, 0.29) is 5.82 Å². The Hall–Kier alpha value is -0.610. The van der Waals surface area contributed by atoms with Gasteiger partial charge in [-0.3, -0.25) is 4.98 Å². The fourth-order valence-electron chi connectivity index (χ4n) is 1.64. The molecular weight excluding hydrogens is 235 g/mol. The van der Waals surface area contributed by atoms with Crippen LogP contribution >= 0.6 is 11.8 Å². The summed E-state index contributed by atoms with van der Waals surface area (Å²) < 4.78 is 12.8. The number of nitrogens with one attached hydrogen (secondary N) is 1. The standard InChI is InChI=1S/C13H21FN2S/c1-17-7-5-3-2-4-6-15-9-12-8-13(14)11-16-10-12/h8,10-11,15H,2-7,9H2,1H3. The topological polar surface area (TPSA) is 24.9 Å². The monoisotopic (exact) mass is 256 g/mol. The molecule has 0 spiro atoms. The summed E-state index contributed by atoms with van der Waals surface area (Å²) in [6.07, 6.45) is 10.2. The van der Waals surface area contributed by atoms with Gasteiger partial charge >= 0.3 is 0 Å². The molecule has 0 radical (unpaired) electrons. The van der Waals surface area contributed by atoms with Gasteiger partial charge in [0.15, 0.2) is 0 Å². The third-order valence-electron chi connectivity index (χ3n) is 2.54. The Bertz CT molecular complexity index is 307. The van der Waals surface area contributed by atoms with Crippen molar-refractivity contribution in [3.8, 4) is 0 Å². The predicted octanol–water partition coefficient (Wildman–Crippen LogP) is 3.23. The van der Waals surface area contributed by atoms with Gasteiger partial charge in [0, 0.05) is 12.7 Å². The largest absolute Gasteiger partial charge is 0.313 e. The highest BCUT2D eigenvalue weighted by molar-refractivity contribution is 7.98. The van der Waals surface area contributed by atoms with Gasteiger partial charge in [0.05, 0.1) is 6.20 Å². The van der Waals surface area contributed by atoms with E-state index in [2.05, 4.69) is 16.6 Å². The SMILES string of the molecule is CSCCCCCCNCc1cncc(F)c1. The van der Waals surface area contributed by atoms with E-state index in [1.54, 1.807) is 6.20 Å². The lowest BCUT2D eigenvalue weighted by Gasteiger charge is -2.04. The van der Waals surface area contributed by atoms with Gasteiger partial charge in [-0.25, -0.2) is 4.39 Å². The summed E-state index contributed by atoms with van der Waals surface area (Å²) in [6, 6.07) is 1.53. The van der Waals surface area contributed by atoms with Crippen molar-refractivity contribution in [2.75, 3.05) is 18.6 Å². The molecule has 0 bridgehead atoms. The Morgan fingerprint density at radius 2 is 2.06 bits per heavy atom. The van der Waals surface area contributed by atoms with Crippen molar-refractivity contribution in [3.05, 3.63) is 29.8 Å². The van der Waals surface area contributed by atoms with Crippen molar-refractivity contribution in [2.45, 2.75) is 32.2 Å². The van der Waals surface area contributed by atoms with Crippen molar-refractivity contribution in [2.24, 2.45) is 0 Å². The highest BCUT2D eigenvalue weighted by atomic mass is 32.2. The molecule has 0 amide bonds. The lowest BCUT2D eigenvalue weighted by Crippen LogP contribution is -2.14. The van der Waals surface area contributed by atoms with E-state index in [1.165, 1.54) is 43.7 Å². The smallest absolute Gasteiger partial charge is 0.141 e. The maximum Gasteiger partial charge on any atom is 0.141 e. The lowest BCUT2D eigenvalue weighted by molar-refractivity contribution is 0.590. The molecule has 2 nitrogen and oxygen atoms in total. The summed E-state index contributed by atoms with van der Waals surface area (Å²) in [6.45, 7) is 1.70. The molecule has 0 unspecified atom stereocenters. The molecule has 1 aromatic rings. The van der Waals surface area contributed by atoms with Crippen LogP contribution in [-0.2, 0) is 6.54 Å². The third-order valence-corrected chi connectivity index (χ3v) is 3.24. The number of rotatable bonds is 9. The highest BCUT2D eigenvalue weighted by Crippen LogP contribution is 2.04. The molecule has 0 aromatic carbocycles. The van der Waals surface area contributed by atoms with Crippen LogP contribution < -0.4 is 5.32 Å². The summed E-state index contributed by atoms with van der Waals surface area (Å²) in [5.41, 5.74) is 0.910. The molecule has 1 aromatic heterocycles. The molecule has 17 heavy (non-hydrogen) atoms. The van der Waals surface area contributed by atoms with Gasteiger partial charge in [0.25, 0.3) is 0 Å². The first-order chi connectivity index (χ1) is 8.33. The Kier molecular flexibility index (Phi) is 8.01. The van der Waals surface area contributed by atoms with E-state index >= 15 is 0 Å². The van der Waals surface area contributed by atoms with Crippen molar-refractivity contribution in [1.82, 2.24) is 10.3 Å². The number of nitrogens with zero attached hydrogens (tertiary/aromatic N) is 1. The Balaban J connectivity index is 1.97. The maximum atomic E-state index is 12.8. The number of unbranched alkanes of at least 4 members (excludes halogenated alkanes) is 3. The molecule has 0 aliphatic heterocycles. The van der Waals surface area contributed by atoms with Gasteiger partial charge in [-0.1, -0.05) is 12.8 Å². The zero-order valence-corrected chi connectivity index (χ0v) is 11.2. The summed E-state index contributed by atoms with van der Waals surface area (Å²) >= 11 is 1.91. The predicted molar refractivity (Wildman–Crippen MR) is 72.8 cm³/mol. The molecule has 0 atom stereocenters. The number of halogens is 1. The van der Waals surface area contributed by atoms with Crippen molar-refractivity contribution >= 4 is 11.8 Å². The second-order valence-corrected chi connectivity index (χ2v) is 5.08. The summed E-state index contributed by atoms with van der Waals surface area (Å²) in [5.74, 6) is 1.00. The van der Waals surface area contributed by atoms with Crippen LogP contribution in [0.2, 0.25) is 0 Å². The molecular formula is C13H21FN2S. The fourth-order valence-corrected chi connectivity index (χ4v) is 2.13. The molecule has 1 rings (SSSR count). The number of thioether (sulfide) groups is 1. The highest BCUT2D eigenvalue weighted by Gasteiger charge is 1.95. The normalized spacial score (nSPS) is 10.7. The number of aromatic nitrogens is 1. The number of hydrogen-bond acceptors (Lipinski definition) is 3. The van der Waals surface area contributed by atoms with Crippen LogP contribution in [0, 0.1) is 5.82 Å². The molecule has 0 aliphatic rings. The van der Waals surface area contributed by atoms with Gasteiger partial charge in [-0.15, -0.1) is 0 Å². The zero-order chi connectivity index (χ0) is 12.3. The molecule has 1 heterocycles. The van der Waals surface area contributed by atoms with Crippen LogP contribution in [0.25, 0.3) is 0 Å². The van der Waals surface area contributed by atoms with Crippen LogP contribution in [0.15, 0.2) is 18.5 Å². The minimum absolute atomic E-state index is 0.263. The maximum absolute atomic E-state index is 12.8. The van der Waals surface area contributed by atoms with Crippen molar-refractivity contribution in [1.29, 1.82) is 0 Å². The van der Waals surface area contributed by atoms with E-state index in [1.807, 2.05) is 11.8 Å². The number of hydrogen-bond donors (Lipinski definition) is 1. The first-order valence-electron chi connectivity index (χ1n) is 6.12. The molecule has 4 heteroatoms. The van der Waals surface area contributed by atoms with Crippen molar-refractivity contribution < 1.29 is 4.39 Å². The van der Waals surface area contributed by atoms with E-state index in [0.29, 0.717) is 6.54 Å². The van der Waals surface area contributed by atoms with Crippen LogP contribution in [0.4, 0.5) is 4.39 Å². The molecule has 1 N–H and O–H groups in total. The van der Waals surface area contributed by atoms with Gasteiger partial charge < -0.3 is 5.32 Å². The van der Waals surface area contributed by atoms with Gasteiger partial charge in [-0.2, -0.15) is 11.8 Å². The minimum Gasteiger partial charge on any atom is -0.313 e. The molecule has 96 valence electrons. The minimum atomic E-state index is -0.263. The Labute approximate surface area is 107 Å².